The molecule has 2 atom stereocenters. The number of carbonyl (C=O) groups is 1. The van der Waals surface area contributed by atoms with E-state index in [0.717, 1.165) is 57.7 Å². The molecule has 3 fully saturated rings. The lowest BCUT2D eigenvalue weighted by Crippen LogP contribution is -2.55. The van der Waals surface area contributed by atoms with Crippen LogP contribution in [0.4, 0.5) is 0 Å². The lowest BCUT2D eigenvalue weighted by atomic mass is 9.60. The van der Waals surface area contributed by atoms with Crippen LogP contribution >= 0.6 is 0 Å². The molecule has 5 rings (SSSR count). The first-order chi connectivity index (χ1) is 12.6. The number of piperidine rings is 2. The molecule has 4 aliphatic rings. The summed E-state index contributed by atoms with van der Waals surface area (Å²) in [6.07, 6.45) is 5.68. The molecule has 6 heteroatoms. The van der Waals surface area contributed by atoms with Crippen LogP contribution < -0.4 is 21.5 Å². The van der Waals surface area contributed by atoms with E-state index in [1.54, 1.807) is 6.07 Å². The molecule has 0 unspecified atom stereocenters. The summed E-state index contributed by atoms with van der Waals surface area (Å²) in [6, 6.07) is 3.97. The van der Waals surface area contributed by atoms with E-state index in [9.17, 15) is 9.59 Å². The van der Waals surface area contributed by atoms with E-state index < -0.39 is 0 Å². The van der Waals surface area contributed by atoms with Crippen molar-refractivity contribution >= 4 is 5.91 Å². The topological polar surface area (TPSA) is 75.2 Å². The minimum absolute atomic E-state index is 0.104. The van der Waals surface area contributed by atoms with Crippen LogP contribution in [0.2, 0.25) is 0 Å². The highest BCUT2D eigenvalue weighted by Gasteiger charge is 2.45. The van der Waals surface area contributed by atoms with Crippen molar-refractivity contribution in [3.8, 4) is 0 Å². The number of rotatable bonds is 2. The Labute approximate surface area is 153 Å². The number of fused-ring (bicyclic) bond motifs is 4. The average Bonchev–Trinajstić information content (AvgIpc) is 2.62. The Balaban J connectivity index is 1.31. The smallest absolute Gasteiger partial charge is 0.263 e. The van der Waals surface area contributed by atoms with E-state index >= 15 is 0 Å². The number of hydrogen-bond acceptors (Lipinski definition) is 4. The highest BCUT2D eigenvalue weighted by Crippen LogP contribution is 2.47. The number of nitrogens with zero attached hydrogens (tertiary/aromatic N) is 1. The van der Waals surface area contributed by atoms with Gasteiger partial charge in [-0.3, -0.25) is 9.59 Å². The van der Waals surface area contributed by atoms with Crippen molar-refractivity contribution in [1.82, 2.24) is 20.5 Å². The summed E-state index contributed by atoms with van der Waals surface area (Å²) in [5.41, 5.74) is 1.73. The number of nitrogens with one attached hydrogen (secondary N) is 3. The molecule has 1 aliphatic carbocycles. The summed E-state index contributed by atoms with van der Waals surface area (Å²) in [5, 5.41) is 9.98. The van der Waals surface area contributed by atoms with Crippen molar-refractivity contribution in [2.45, 2.75) is 50.6 Å². The summed E-state index contributed by atoms with van der Waals surface area (Å²) in [4.78, 5) is 25.7. The molecule has 1 aromatic rings. The predicted octanol–water partition coefficient (Wildman–Crippen LogP) is 0.817. The molecule has 3 N–H and O–H groups in total. The molecule has 4 heterocycles. The third-order valence-electron chi connectivity index (χ3n) is 7.11. The standard InChI is InChI=1S/C20H28N4O2/c25-18(23-15-8-20(9-15)3-5-21-6-4-20)16-1-2-17-14-7-13(10-22-11-14)12-24(17)19(16)26/h1-2,13-15,21-22H,3-12H2,(H,23,25)/t13-,14+/m0/s1. The molecule has 0 radical (unpaired) electrons. The Hall–Kier alpha value is -1.66. The third-order valence-corrected chi connectivity index (χ3v) is 7.11. The average molecular weight is 356 g/mol. The summed E-state index contributed by atoms with van der Waals surface area (Å²) < 4.78 is 1.86. The Bertz CT molecular complexity index is 773. The largest absolute Gasteiger partial charge is 0.349 e. The van der Waals surface area contributed by atoms with Gasteiger partial charge in [-0.2, -0.15) is 0 Å². The van der Waals surface area contributed by atoms with E-state index in [2.05, 4.69) is 16.0 Å². The lowest BCUT2D eigenvalue weighted by molar-refractivity contribution is 0.0422. The van der Waals surface area contributed by atoms with Crippen molar-refractivity contribution in [3.05, 3.63) is 33.7 Å². The van der Waals surface area contributed by atoms with Crippen LogP contribution in [0.15, 0.2) is 16.9 Å². The number of hydrogen-bond donors (Lipinski definition) is 3. The molecule has 140 valence electrons. The van der Waals surface area contributed by atoms with Gasteiger partial charge in [0.2, 0.25) is 0 Å². The third kappa shape index (κ3) is 2.70. The quantitative estimate of drug-likeness (QED) is 0.733. The summed E-state index contributed by atoms with van der Waals surface area (Å²) in [7, 11) is 0. The fourth-order valence-corrected chi connectivity index (χ4v) is 5.68. The van der Waals surface area contributed by atoms with Crippen molar-refractivity contribution in [2.75, 3.05) is 26.2 Å². The first kappa shape index (κ1) is 16.5. The van der Waals surface area contributed by atoms with Gasteiger partial charge in [0, 0.05) is 30.7 Å². The van der Waals surface area contributed by atoms with E-state index in [1.165, 1.54) is 12.8 Å². The normalized spacial score (nSPS) is 29.7. The lowest BCUT2D eigenvalue weighted by Gasteiger charge is -2.50. The van der Waals surface area contributed by atoms with Crippen LogP contribution in [-0.2, 0) is 6.54 Å². The van der Waals surface area contributed by atoms with Gasteiger partial charge in [0.25, 0.3) is 11.5 Å². The van der Waals surface area contributed by atoms with Gasteiger partial charge in [-0.15, -0.1) is 0 Å². The van der Waals surface area contributed by atoms with E-state index in [-0.39, 0.29) is 17.5 Å². The van der Waals surface area contributed by atoms with Crippen LogP contribution in [0.5, 0.6) is 0 Å². The molecule has 1 aromatic heterocycles. The predicted molar refractivity (Wildman–Crippen MR) is 99.4 cm³/mol. The zero-order chi connectivity index (χ0) is 17.7. The van der Waals surface area contributed by atoms with Crippen molar-refractivity contribution in [1.29, 1.82) is 0 Å². The second kappa shape index (κ2) is 6.20. The van der Waals surface area contributed by atoms with Crippen molar-refractivity contribution < 1.29 is 4.79 Å². The number of pyridine rings is 1. The van der Waals surface area contributed by atoms with E-state index in [4.69, 9.17) is 0 Å². The molecular weight excluding hydrogens is 328 g/mol. The molecular formula is C20H28N4O2. The Kier molecular flexibility index (Phi) is 3.94. The van der Waals surface area contributed by atoms with Gasteiger partial charge in [0.05, 0.1) is 0 Å². The fraction of sp³-hybridized carbons (Fsp3) is 0.700. The Morgan fingerprint density at radius 1 is 1.15 bits per heavy atom. The first-order valence-corrected chi connectivity index (χ1v) is 10.1. The fourth-order valence-electron chi connectivity index (χ4n) is 5.68. The highest BCUT2D eigenvalue weighted by atomic mass is 16.2. The van der Waals surface area contributed by atoms with Crippen LogP contribution in [0.1, 0.15) is 54.1 Å². The van der Waals surface area contributed by atoms with Crippen LogP contribution in [-0.4, -0.2) is 42.7 Å². The van der Waals surface area contributed by atoms with E-state index in [0.29, 0.717) is 22.8 Å². The number of carbonyl (C=O) groups excluding carboxylic acids is 1. The van der Waals surface area contributed by atoms with Crippen molar-refractivity contribution in [2.24, 2.45) is 11.3 Å². The molecule has 1 amide bonds. The minimum atomic E-state index is -0.187. The van der Waals surface area contributed by atoms with Crippen molar-refractivity contribution in [3.63, 3.8) is 0 Å². The molecule has 2 bridgehead atoms. The monoisotopic (exact) mass is 356 g/mol. The Morgan fingerprint density at radius 2 is 1.96 bits per heavy atom. The van der Waals surface area contributed by atoms with Gasteiger partial charge >= 0.3 is 0 Å². The van der Waals surface area contributed by atoms with Gasteiger partial charge in [0.1, 0.15) is 5.56 Å². The van der Waals surface area contributed by atoms with Crippen LogP contribution in [0.3, 0.4) is 0 Å². The second-order valence-electron chi connectivity index (χ2n) is 8.87. The molecule has 1 spiro atoms. The summed E-state index contributed by atoms with van der Waals surface area (Å²) in [5.74, 6) is 0.718. The first-order valence-electron chi connectivity index (χ1n) is 10.1. The van der Waals surface area contributed by atoms with Gasteiger partial charge in [0.15, 0.2) is 0 Å². The molecule has 26 heavy (non-hydrogen) atoms. The molecule has 6 nitrogen and oxygen atoms in total. The second-order valence-corrected chi connectivity index (χ2v) is 8.87. The van der Waals surface area contributed by atoms with Gasteiger partial charge in [-0.25, -0.2) is 0 Å². The van der Waals surface area contributed by atoms with E-state index in [1.807, 2.05) is 10.6 Å². The number of aromatic nitrogens is 1. The zero-order valence-corrected chi connectivity index (χ0v) is 15.2. The molecule has 1 saturated carbocycles. The van der Waals surface area contributed by atoms with Crippen LogP contribution in [0.25, 0.3) is 0 Å². The van der Waals surface area contributed by atoms with Gasteiger partial charge in [-0.1, -0.05) is 0 Å². The minimum Gasteiger partial charge on any atom is -0.349 e. The summed E-state index contributed by atoms with van der Waals surface area (Å²) in [6.45, 7) is 4.81. The maximum atomic E-state index is 12.9. The summed E-state index contributed by atoms with van der Waals surface area (Å²) >= 11 is 0. The molecule has 3 aliphatic heterocycles. The van der Waals surface area contributed by atoms with Gasteiger partial charge < -0.3 is 20.5 Å². The number of amides is 1. The molecule has 2 saturated heterocycles. The Morgan fingerprint density at radius 3 is 2.77 bits per heavy atom. The highest BCUT2D eigenvalue weighted by molar-refractivity contribution is 5.94. The van der Waals surface area contributed by atoms with Crippen LogP contribution in [0, 0.1) is 11.3 Å². The SMILES string of the molecule is O=C(NC1CC2(CCNCC2)C1)c1ccc2n(c1=O)C[C@@H]1CNC[C@H]2C1. The zero-order valence-electron chi connectivity index (χ0n) is 15.2. The maximum absolute atomic E-state index is 12.9. The maximum Gasteiger partial charge on any atom is 0.263 e. The molecule has 0 aromatic carbocycles. The van der Waals surface area contributed by atoms with Gasteiger partial charge in [-0.05, 0) is 75.2 Å².